The van der Waals surface area contributed by atoms with Crippen LogP contribution in [0.2, 0.25) is 0 Å². The van der Waals surface area contributed by atoms with E-state index in [1.54, 1.807) is 18.2 Å². The summed E-state index contributed by atoms with van der Waals surface area (Å²) in [6, 6.07) is -0.933. The Morgan fingerprint density at radius 2 is 2.38 bits per heavy atom. The molecule has 6 heteroatoms. The average molecular weight is 202 g/mol. The highest BCUT2D eigenvalue weighted by atomic mass is 32.2. The summed E-state index contributed by atoms with van der Waals surface area (Å²) in [7, 11) is 1.40. The van der Waals surface area contributed by atoms with Gasteiger partial charge in [0.2, 0.25) is 4.93 Å². The molecule has 1 aliphatic carbocycles. The molecular formula is C7H10N2O3S. The molecule has 0 aromatic heterocycles. The minimum atomic E-state index is -1.07. The molecule has 1 rings (SSSR count). The van der Waals surface area contributed by atoms with Gasteiger partial charge < -0.3 is 4.74 Å². The summed E-state index contributed by atoms with van der Waals surface area (Å²) in [5.41, 5.74) is 0. The van der Waals surface area contributed by atoms with Crippen molar-refractivity contribution in [2.75, 3.05) is 7.11 Å². The molecule has 2 atom stereocenters. The van der Waals surface area contributed by atoms with Crippen LogP contribution < -0.4 is 5.14 Å². The summed E-state index contributed by atoms with van der Waals surface area (Å²) >= 11 is 0.828. The molecule has 0 saturated carbocycles. The van der Waals surface area contributed by atoms with Crippen LogP contribution in [0.15, 0.2) is 24.3 Å². The number of nitrogens with zero attached hydrogens (tertiary/aromatic N) is 1. The average Bonchev–Trinajstić information content (AvgIpc) is 2.17. The lowest BCUT2D eigenvalue weighted by Crippen LogP contribution is -2.45. The van der Waals surface area contributed by atoms with Gasteiger partial charge in [0, 0.05) is 12.0 Å². The molecule has 0 aromatic carbocycles. The highest BCUT2D eigenvalue weighted by Crippen LogP contribution is 2.32. The topological polar surface area (TPSA) is 78.4 Å². The quantitative estimate of drug-likeness (QED) is 0.315. The Bertz CT molecular complexity index is 260. The highest BCUT2D eigenvalue weighted by molar-refractivity contribution is 7.98. The van der Waals surface area contributed by atoms with Crippen LogP contribution in [0.1, 0.15) is 0 Å². The third-order valence-corrected chi connectivity index (χ3v) is 2.79. The fourth-order valence-corrected chi connectivity index (χ4v) is 1.71. The standard InChI is InChI=1S/C7H10N2O3S/c1-12-7(13-8)5-3-2-4-6(7)9(10)11/h2-6H,8H2,1H3. The third kappa shape index (κ3) is 1.74. The minimum Gasteiger partial charge on any atom is -0.356 e. The van der Waals surface area contributed by atoms with Crippen molar-refractivity contribution in [3.8, 4) is 0 Å². The highest BCUT2D eigenvalue weighted by Gasteiger charge is 2.45. The van der Waals surface area contributed by atoms with Crippen molar-refractivity contribution in [1.29, 1.82) is 0 Å². The fourth-order valence-electron chi connectivity index (χ4n) is 1.15. The Balaban J connectivity index is 2.98. The number of nitro groups is 1. The van der Waals surface area contributed by atoms with Crippen molar-refractivity contribution < 1.29 is 9.66 Å². The summed E-state index contributed by atoms with van der Waals surface area (Å²) in [6.45, 7) is 0. The molecule has 0 aliphatic heterocycles. The molecule has 0 saturated heterocycles. The van der Waals surface area contributed by atoms with E-state index in [4.69, 9.17) is 9.88 Å². The minimum absolute atomic E-state index is 0.413. The molecule has 5 nitrogen and oxygen atoms in total. The molecular weight excluding hydrogens is 192 g/mol. The molecule has 0 aromatic rings. The number of hydrogen-bond acceptors (Lipinski definition) is 5. The number of ether oxygens (including phenoxy) is 1. The lowest BCUT2D eigenvalue weighted by Gasteiger charge is -2.28. The maximum Gasteiger partial charge on any atom is 0.274 e. The number of rotatable bonds is 3. The number of methoxy groups -OCH3 is 1. The van der Waals surface area contributed by atoms with Crippen molar-refractivity contribution in [3.63, 3.8) is 0 Å². The molecule has 0 fully saturated rings. The number of hydrogen-bond donors (Lipinski definition) is 1. The Morgan fingerprint density at radius 3 is 2.77 bits per heavy atom. The zero-order chi connectivity index (χ0) is 9.90. The predicted molar refractivity (Wildman–Crippen MR) is 50.6 cm³/mol. The van der Waals surface area contributed by atoms with Crippen LogP contribution in [0.3, 0.4) is 0 Å². The van der Waals surface area contributed by atoms with Gasteiger partial charge in [-0.25, -0.2) is 0 Å². The Labute approximate surface area is 79.9 Å². The molecule has 2 unspecified atom stereocenters. The van der Waals surface area contributed by atoms with Crippen LogP contribution in [0.25, 0.3) is 0 Å². The van der Waals surface area contributed by atoms with Crippen LogP contribution in [0.5, 0.6) is 0 Å². The van der Waals surface area contributed by atoms with Crippen LogP contribution in [0.4, 0.5) is 0 Å². The summed E-state index contributed by atoms with van der Waals surface area (Å²) in [5.74, 6) is 0. The van der Waals surface area contributed by atoms with E-state index in [9.17, 15) is 10.1 Å². The first-order valence-electron chi connectivity index (χ1n) is 3.59. The molecule has 0 amide bonds. The normalized spacial score (nSPS) is 32.0. The van der Waals surface area contributed by atoms with E-state index in [1.807, 2.05) is 0 Å². The van der Waals surface area contributed by atoms with Crippen LogP contribution in [-0.4, -0.2) is 23.0 Å². The van der Waals surface area contributed by atoms with Gasteiger partial charge in [0.15, 0.2) is 0 Å². The molecule has 72 valence electrons. The maximum atomic E-state index is 10.7. The predicted octanol–water partition coefficient (Wildman–Crippen LogP) is 0.707. The van der Waals surface area contributed by atoms with Crippen molar-refractivity contribution in [2.45, 2.75) is 11.0 Å². The largest absolute Gasteiger partial charge is 0.356 e. The first kappa shape index (κ1) is 10.2. The van der Waals surface area contributed by atoms with Gasteiger partial charge in [0.05, 0.1) is 0 Å². The molecule has 13 heavy (non-hydrogen) atoms. The molecule has 0 spiro atoms. The molecule has 1 aliphatic rings. The lowest BCUT2D eigenvalue weighted by molar-refractivity contribution is -0.522. The molecule has 2 N–H and O–H groups in total. The first-order chi connectivity index (χ1) is 6.16. The summed E-state index contributed by atoms with van der Waals surface area (Å²) in [5, 5.41) is 16.0. The number of allylic oxidation sites excluding steroid dienone is 2. The van der Waals surface area contributed by atoms with Gasteiger partial charge in [-0.1, -0.05) is 12.2 Å². The number of nitrogens with two attached hydrogens (primary N) is 1. The second kappa shape index (κ2) is 3.91. The van der Waals surface area contributed by atoms with Gasteiger partial charge in [-0.05, 0) is 24.1 Å². The SMILES string of the molecule is COC1(SN)C=CC=CC1[N+](=O)[O-]. The van der Waals surface area contributed by atoms with Gasteiger partial charge in [-0.15, -0.1) is 0 Å². The maximum absolute atomic E-state index is 10.7. The monoisotopic (exact) mass is 202 g/mol. The molecule has 0 bridgehead atoms. The van der Waals surface area contributed by atoms with Crippen LogP contribution >= 0.6 is 11.9 Å². The van der Waals surface area contributed by atoms with E-state index in [0.717, 1.165) is 11.9 Å². The van der Waals surface area contributed by atoms with Gasteiger partial charge in [-0.2, -0.15) is 0 Å². The van der Waals surface area contributed by atoms with Crippen molar-refractivity contribution in [2.24, 2.45) is 5.14 Å². The van der Waals surface area contributed by atoms with Crippen molar-refractivity contribution >= 4 is 11.9 Å². The van der Waals surface area contributed by atoms with E-state index in [2.05, 4.69) is 0 Å². The van der Waals surface area contributed by atoms with Gasteiger partial charge in [0.25, 0.3) is 6.04 Å². The van der Waals surface area contributed by atoms with Gasteiger partial charge in [-0.3, -0.25) is 15.3 Å². The van der Waals surface area contributed by atoms with E-state index in [0.29, 0.717) is 0 Å². The van der Waals surface area contributed by atoms with Crippen molar-refractivity contribution in [3.05, 3.63) is 34.4 Å². The zero-order valence-electron chi connectivity index (χ0n) is 7.04. The lowest BCUT2D eigenvalue weighted by atomic mass is 10.1. The van der Waals surface area contributed by atoms with Crippen molar-refractivity contribution in [1.82, 2.24) is 0 Å². The Morgan fingerprint density at radius 1 is 1.69 bits per heavy atom. The summed E-state index contributed by atoms with van der Waals surface area (Å²) < 4.78 is 5.06. The van der Waals surface area contributed by atoms with E-state index in [1.165, 1.54) is 13.2 Å². The van der Waals surface area contributed by atoms with Gasteiger partial charge >= 0.3 is 0 Å². The van der Waals surface area contributed by atoms with Crippen LogP contribution in [-0.2, 0) is 4.74 Å². The third-order valence-electron chi connectivity index (χ3n) is 1.88. The molecule has 0 heterocycles. The smallest absolute Gasteiger partial charge is 0.274 e. The summed E-state index contributed by atoms with van der Waals surface area (Å²) in [6.07, 6.45) is 6.35. The summed E-state index contributed by atoms with van der Waals surface area (Å²) in [4.78, 5) is 9.17. The van der Waals surface area contributed by atoms with E-state index in [-0.39, 0.29) is 0 Å². The second-order valence-corrected chi connectivity index (χ2v) is 3.39. The first-order valence-corrected chi connectivity index (χ1v) is 4.47. The molecule has 0 radical (unpaired) electrons. The van der Waals surface area contributed by atoms with Crippen LogP contribution in [0, 0.1) is 10.1 Å². The zero-order valence-corrected chi connectivity index (χ0v) is 7.86. The van der Waals surface area contributed by atoms with Gasteiger partial charge in [0.1, 0.15) is 0 Å². The Hall–Kier alpha value is -0.850. The van der Waals surface area contributed by atoms with E-state index >= 15 is 0 Å². The fraction of sp³-hybridized carbons (Fsp3) is 0.429. The Kier molecular flexibility index (Phi) is 3.07. The van der Waals surface area contributed by atoms with E-state index < -0.39 is 15.9 Å². The second-order valence-electron chi connectivity index (χ2n) is 2.52.